The smallest absolute Gasteiger partial charge is 0.270 e. The molecule has 0 aliphatic rings. The SMILES string of the molecule is CC(C)NS(=O)(=O)Nc1ccc(I)cc1Cl. The molecule has 0 atom stereocenters. The number of halogens is 2. The summed E-state index contributed by atoms with van der Waals surface area (Å²) >= 11 is 8.01. The Morgan fingerprint density at radius 3 is 2.50 bits per heavy atom. The molecule has 0 unspecified atom stereocenters. The van der Waals surface area contributed by atoms with Crippen LogP contribution in [-0.2, 0) is 10.2 Å². The van der Waals surface area contributed by atoms with Crippen LogP contribution in [0, 0.1) is 3.57 Å². The molecule has 0 saturated heterocycles. The third kappa shape index (κ3) is 4.44. The second-order valence-corrected chi connectivity index (χ2v) is 6.60. The molecule has 0 saturated carbocycles. The highest BCUT2D eigenvalue weighted by molar-refractivity contribution is 14.1. The Morgan fingerprint density at radius 2 is 2.00 bits per heavy atom. The normalized spacial score (nSPS) is 11.8. The minimum absolute atomic E-state index is 0.167. The van der Waals surface area contributed by atoms with Crippen molar-refractivity contribution in [1.29, 1.82) is 0 Å². The summed E-state index contributed by atoms with van der Waals surface area (Å²) in [6, 6.07) is 4.93. The van der Waals surface area contributed by atoms with Crippen molar-refractivity contribution in [1.82, 2.24) is 4.72 Å². The van der Waals surface area contributed by atoms with Gasteiger partial charge in [-0.05, 0) is 54.6 Å². The number of hydrogen-bond donors (Lipinski definition) is 2. The van der Waals surface area contributed by atoms with E-state index in [0.717, 1.165) is 3.57 Å². The number of anilines is 1. The van der Waals surface area contributed by atoms with Gasteiger partial charge in [-0.1, -0.05) is 11.6 Å². The van der Waals surface area contributed by atoms with Gasteiger partial charge in [0.25, 0.3) is 10.2 Å². The predicted molar refractivity (Wildman–Crippen MR) is 75.0 cm³/mol. The standard InChI is InChI=1S/C9H12ClIN2O2S/c1-6(2)12-16(14,15)13-9-4-3-7(11)5-8(9)10/h3-6,12-13H,1-2H3. The molecule has 4 nitrogen and oxygen atoms in total. The van der Waals surface area contributed by atoms with E-state index in [2.05, 4.69) is 32.0 Å². The van der Waals surface area contributed by atoms with Gasteiger partial charge in [-0.15, -0.1) is 0 Å². The average Bonchev–Trinajstić information content (AvgIpc) is 2.07. The molecular weight excluding hydrogens is 363 g/mol. The zero-order chi connectivity index (χ0) is 12.3. The van der Waals surface area contributed by atoms with Gasteiger partial charge in [-0.2, -0.15) is 13.1 Å². The first-order chi connectivity index (χ1) is 7.30. The lowest BCUT2D eigenvalue weighted by Crippen LogP contribution is -2.35. The van der Waals surface area contributed by atoms with Crippen LogP contribution in [0.15, 0.2) is 18.2 Å². The van der Waals surface area contributed by atoms with Crippen LogP contribution in [-0.4, -0.2) is 14.5 Å². The molecule has 0 spiro atoms. The van der Waals surface area contributed by atoms with Gasteiger partial charge in [0.1, 0.15) is 0 Å². The fourth-order valence-corrected chi connectivity index (χ4v) is 3.16. The Labute approximate surface area is 114 Å². The Balaban J connectivity index is 2.88. The number of hydrogen-bond acceptors (Lipinski definition) is 2. The topological polar surface area (TPSA) is 58.2 Å². The highest BCUT2D eigenvalue weighted by atomic mass is 127. The van der Waals surface area contributed by atoms with Crippen molar-refractivity contribution in [3.05, 3.63) is 26.8 Å². The van der Waals surface area contributed by atoms with Gasteiger partial charge in [0.2, 0.25) is 0 Å². The van der Waals surface area contributed by atoms with E-state index in [1.807, 2.05) is 0 Å². The first kappa shape index (κ1) is 14.0. The molecule has 0 amide bonds. The Morgan fingerprint density at radius 1 is 1.38 bits per heavy atom. The zero-order valence-electron chi connectivity index (χ0n) is 8.79. The summed E-state index contributed by atoms with van der Waals surface area (Å²) in [7, 11) is -3.56. The molecule has 2 N–H and O–H groups in total. The molecular formula is C9H12ClIN2O2S. The van der Waals surface area contributed by atoms with Gasteiger partial charge in [0, 0.05) is 9.61 Å². The average molecular weight is 375 g/mol. The molecule has 0 aromatic heterocycles. The summed E-state index contributed by atoms with van der Waals surface area (Å²) < 4.78 is 28.9. The van der Waals surface area contributed by atoms with E-state index >= 15 is 0 Å². The van der Waals surface area contributed by atoms with Crippen molar-refractivity contribution in [3.8, 4) is 0 Å². The number of benzene rings is 1. The Bertz CT molecular complexity index is 476. The molecule has 0 bridgehead atoms. The summed E-state index contributed by atoms with van der Waals surface area (Å²) in [5.74, 6) is 0. The molecule has 1 aromatic carbocycles. The molecule has 1 rings (SSSR count). The lowest BCUT2D eigenvalue weighted by atomic mass is 10.3. The predicted octanol–water partition coefficient (Wildman–Crippen LogP) is 2.60. The Kier molecular flexibility index (Phi) is 4.84. The molecule has 0 aliphatic heterocycles. The van der Waals surface area contributed by atoms with Crippen LogP contribution in [0.1, 0.15) is 13.8 Å². The van der Waals surface area contributed by atoms with Crippen molar-refractivity contribution < 1.29 is 8.42 Å². The maximum Gasteiger partial charge on any atom is 0.299 e. The fraction of sp³-hybridized carbons (Fsp3) is 0.333. The first-order valence-electron chi connectivity index (χ1n) is 4.55. The van der Waals surface area contributed by atoms with Crippen molar-refractivity contribution in [2.45, 2.75) is 19.9 Å². The molecule has 16 heavy (non-hydrogen) atoms. The second-order valence-electron chi connectivity index (χ2n) is 3.50. The molecule has 0 aliphatic carbocycles. The highest BCUT2D eigenvalue weighted by Crippen LogP contribution is 2.24. The van der Waals surface area contributed by atoms with E-state index < -0.39 is 10.2 Å². The van der Waals surface area contributed by atoms with Crippen LogP contribution >= 0.6 is 34.2 Å². The van der Waals surface area contributed by atoms with Crippen molar-refractivity contribution in [2.24, 2.45) is 0 Å². The highest BCUT2D eigenvalue weighted by Gasteiger charge is 2.13. The molecule has 7 heteroatoms. The van der Waals surface area contributed by atoms with Crippen molar-refractivity contribution in [3.63, 3.8) is 0 Å². The molecule has 1 aromatic rings. The van der Waals surface area contributed by atoms with Crippen LogP contribution in [0.2, 0.25) is 5.02 Å². The van der Waals surface area contributed by atoms with Crippen LogP contribution in [0.5, 0.6) is 0 Å². The van der Waals surface area contributed by atoms with Crippen molar-refractivity contribution in [2.75, 3.05) is 4.72 Å². The third-order valence-corrected chi connectivity index (χ3v) is 3.82. The van der Waals surface area contributed by atoms with Gasteiger partial charge < -0.3 is 0 Å². The van der Waals surface area contributed by atoms with Gasteiger partial charge >= 0.3 is 0 Å². The maximum absolute atomic E-state index is 11.6. The molecule has 0 heterocycles. The third-order valence-electron chi connectivity index (χ3n) is 1.57. The quantitative estimate of drug-likeness (QED) is 0.796. The maximum atomic E-state index is 11.6. The summed E-state index contributed by atoms with van der Waals surface area (Å²) in [5, 5.41) is 0.376. The van der Waals surface area contributed by atoms with Crippen LogP contribution in [0.25, 0.3) is 0 Å². The van der Waals surface area contributed by atoms with E-state index in [1.54, 1.807) is 32.0 Å². The van der Waals surface area contributed by atoms with Gasteiger partial charge in [0.05, 0.1) is 10.7 Å². The fourth-order valence-electron chi connectivity index (χ4n) is 1.06. The minimum atomic E-state index is -3.56. The van der Waals surface area contributed by atoms with E-state index in [1.165, 1.54) is 0 Å². The zero-order valence-corrected chi connectivity index (χ0v) is 12.5. The summed E-state index contributed by atoms with van der Waals surface area (Å²) in [6.45, 7) is 3.49. The lowest BCUT2D eigenvalue weighted by Gasteiger charge is -2.12. The second kappa shape index (κ2) is 5.52. The van der Waals surface area contributed by atoms with Gasteiger partial charge in [-0.3, -0.25) is 4.72 Å². The van der Waals surface area contributed by atoms with Crippen LogP contribution < -0.4 is 9.44 Å². The van der Waals surface area contributed by atoms with Crippen LogP contribution in [0.4, 0.5) is 5.69 Å². The molecule has 0 radical (unpaired) electrons. The van der Waals surface area contributed by atoms with E-state index in [-0.39, 0.29) is 6.04 Å². The molecule has 0 fully saturated rings. The Hall–Kier alpha value is -0.0500. The van der Waals surface area contributed by atoms with E-state index in [0.29, 0.717) is 10.7 Å². The van der Waals surface area contributed by atoms with E-state index in [9.17, 15) is 8.42 Å². The summed E-state index contributed by atoms with van der Waals surface area (Å²) in [6.07, 6.45) is 0. The molecule has 90 valence electrons. The summed E-state index contributed by atoms with van der Waals surface area (Å²) in [5.41, 5.74) is 0.371. The number of nitrogens with one attached hydrogen (secondary N) is 2. The van der Waals surface area contributed by atoms with Crippen molar-refractivity contribution >= 4 is 50.1 Å². The first-order valence-corrected chi connectivity index (χ1v) is 7.49. The van der Waals surface area contributed by atoms with Crippen LogP contribution in [0.3, 0.4) is 0 Å². The minimum Gasteiger partial charge on any atom is -0.270 e. The van der Waals surface area contributed by atoms with Gasteiger partial charge in [-0.25, -0.2) is 0 Å². The van der Waals surface area contributed by atoms with Gasteiger partial charge in [0.15, 0.2) is 0 Å². The largest absolute Gasteiger partial charge is 0.299 e. The summed E-state index contributed by atoms with van der Waals surface area (Å²) in [4.78, 5) is 0. The lowest BCUT2D eigenvalue weighted by molar-refractivity contribution is 0.575. The van der Waals surface area contributed by atoms with E-state index in [4.69, 9.17) is 11.6 Å². The number of rotatable bonds is 4. The monoisotopic (exact) mass is 374 g/mol.